The largest absolute Gasteiger partial charge is 0.465 e. The Hall–Kier alpha value is -4.24. The first-order valence-electron chi connectivity index (χ1n) is 13.3. The van der Waals surface area contributed by atoms with Gasteiger partial charge in [0.05, 0.1) is 23.6 Å². The molecule has 42 heavy (non-hydrogen) atoms. The van der Waals surface area contributed by atoms with E-state index in [1.165, 1.54) is 19.1 Å². The molecule has 5 rings (SSSR count). The number of rotatable bonds is 8. The number of aryl methyl sites for hydroxylation is 1. The number of nitrogens with zero attached hydrogens (tertiary/aromatic N) is 5. The van der Waals surface area contributed by atoms with Crippen LogP contribution >= 0.6 is 11.6 Å². The van der Waals surface area contributed by atoms with Crippen LogP contribution in [-0.4, -0.2) is 78.9 Å². The van der Waals surface area contributed by atoms with E-state index in [0.717, 1.165) is 16.3 Å². The fourth-order valence-electron chi connectivity index (χ4n) is 5.40. The van der Waals surface area contributed by atoms with E-state index in [1.54, 1.807) is 11.0 Å². The lowest BCUT2D eigenvalue weighted by atomic mass is 9.94. The second-order valence-electron chi connectivity index (χ2n) is 9.90. The van der Waals surface area contributed by atoms with Crippen molar-refractivity contribution in [1.29, 1.82) is 5.26 Å². The van der Waals surface area contributed by atoms with Gasteiger partial charge in [-0.2, -0.15) is 15.2 Å². The SMILES string of the molecule is COC(COc1nc(N2CCN(C(=O)O)C(CC#N)C2)c2cc(Cl)c(-c3cccc4cccc(C)c34)c(F)c2n1)OC. The van der Waals surface area contributed by atoms with E-state index in [9.17, 15) is 15.2 Å². The van der Waals surface area contributed by atoms with Gasteiger partial charge < -0.3 is 29.1 Å². The molecule has 1 atom stereocenters. The van der Waals surface area contributed by atoms with Crippen molar-refractivity contribution in [3.63, 3.8) is 0 Å². The quantitative estimate of drug-likeness (QED) is 0.259. The summed E-state index contributed by atoms with van der Waals surface area (Å²) in [5.74, 6) is -0.328. The number of hydrogen-bond donors (Lipinski definition) is 1. The van der Waals surface area contributed by atoms with Crippen LogP contribution in [-0.2, 0) is 9.47 Å². The molecule has 1 aromatic heterocycles. The average molecular weight is 594 g/mol. The van der Waals surface area contributed by atoms with Crippen molar-refractivity contribution in [2.75, 3.05) is 45.4 Å². The van der Waals surface area contributed by atoms with Gasteiger partial charge in [0.1, 0.15) is 17.9 Å². The van der Waals surface area contributed by atoms with Gasteiger partial charge in [0.15, 0.2) is 12.1 Å². The monoisotopic (exact) mass is 593 g/mol. The first-order valence-corrected chi connectivity index (χ1v) is 13.6. The molecule has 0 aliphatic carbocycles. The number of piperazine rings is 1. The number of anilines is 1. The molecular formula is C30H29ClFN5O5. The van der Waals surface area contributed by atoms with E-state index in [0.29, 0.717) is 16.8 Å². The van der Waals surface area contributed by atoms with Crippen LogP contribution in [0, 0.1) is 24.1 Å². The van der Waals surface area contributed by atoms with Crippen LogP contribution in [0.1, 0.15) is 12.0 Å². The molecule has 3 aromatic carbocycles. The Bertz CT molecular complexity index is 1690. The number of halogens is 2. The molecule has 0 bridgehead atoms. The summed E-state index contributed by atoms with van der Waals surface area (Å²) in [5.41, 5.74) is 1.78. The zero-order chi connectivity index (χ0) is 30.0. The van der Waals surface area contributed by atoms with Crippen LogP contribution in [0.3, 0.4) is 0 Å². The van der Waals surface area contributed by atoms with Crippen LogP contribution in [0.5, 0.6) is 6.01 Å². The van der Waals surface area contributed by atoms with Crippen molar-refractivity contribution >= 4 is 45.2 Å². The third kappa shape index (κ3) is 5.48. The van der Waals surface area contributed by atoms with E-state index in [1.807, 2.05) is 43.3 Å². The standard InChI is InChI=1S/C30H29ClFN5O5/c1-17-6-4-7-18-8-5-9-20(24(17)18)25-22(31)14-21-27(26(25)32)34-29(42-16-23(40-2)41-3)35-28(21)36-12-13-37(30(38)39)19(15-36)10-11-33/h4-9,14,19,23H,10,12-13,15-16H2,1-3H3,(H,38,39). The topological polar surface area (TPSA) is 121 Å². The highest BCUT2D eigenvalue weighted by molar-refractivity contribution is 6.35. The Balaban J connectivity index is 1.69. The number of nitriles is 1. The summed E-state index contributed by atoms with van der Waals surface area (Å²) < 4.78 is 32.9. The average Bonchev–Trinajstić information content (AvgIpc) is 2.98. The lowest BCUT2D eigenvalue weighted by Gasteiger charge is -2.40. The predicted octanol–water partition coefficient (Wildman–Crippen LogP) is 5.63. The summed E-state index contributed by atoms with van der Waals surface area (Å²) in [6.45, 7) is 2.44. The second kappa shape index (κ2) is 12.3. The Labute approximate surface area is 246 Å². The molecule has 1 aliphatic rings. The molecule has 1 aliphatic heterocycles. The lowest BCUT2D eigenvalue weighted by molar-refractivity contribution is -0.123. The van der Waals surface area contributed by atoms with Crippen molar-refractivity contribution in [3.05, 3.63) is 58.9 Å². The van der Waals surface area contributed by atoms with Crippen LogP contribution in [0.2, 0.25) is 5.02 Å². The summed E-state index contributed by atoms with van der Waals surface area (Å²) in [4.78, 5) is 23.9. The number of ether oxygens (including phenoxy) is 3. The highest BCUT2D eigenvalue weighted by Crippen LogP contribution is 2.42. The van der Waals surface area contributed by atoms with Crippen molar-refractivity contribution in [2.45, 2.75) is 25.7 Å². The first-order chi connectivity index (χ1) is 20.3. The molecule has 12 heteroatoms. The van der Waals surface area contributed by atoms with E-state index in [-0.39, 0.29) is 54.8 Å². The summed E-state index contributed by atoms with van der Waals surface area (Å²) in [5, 5.41) is 21.3. The summed E-state index contributed by atoms with van der Waals surface area (Å²) >= 11 is 6.82. The van der Waals surface area contributed by atoms with Crippen molar-refractivity contribution < 1.29 is 28.5 Å². The minimum absolute atomic E-state index is 0.0103. The summed E-state index contributed by atoms with van der Waals surface area (Å²) in [6, 6.07) is 14.5. The fraction of sp³-hybridized carbons (Fsp3) is 0.333. The maximum absolute atomic E-state index is 16.7. The highest BCUT2D eigenvalue weighted by Gasteiger charge is 2.33. The molecule has 0 saturated carbocycles. The van der Waals surface area contributed by atoms with Gasteiger partial charge in [-0.15, -0.1) is 0 Å². The van der Waals surface area contributed by atoms with Gasteiger partial charge in [0, 0.05) is 44.8 Å². The second-order valence-corrected chi connectivity index (χ2v) is 10.3. The molecule has 0 radical (unpaired) electrons. The minimum atomic E-state index is -1.11. The van der Waals surface area contributed by atoms with Gasteiger partial charge in [0.2, 0.25) is 0 Å². The number of benzene rings is 3. The molecule has 4 aromatic rings. The molecule has 1 amide bonds. The maximum atomic E-state index is 16.7. The van der Waals surface area contributed by atoms with Crippen LogP contribution in [0.25, 0.3) is 32.8 Å². The van der Waals surface area contributed by atoms with Crippen LogP contribution in [0.15, 0.2) is 42.5 Å². The number of aromatic nitrogens is 2. The van der Waals surface area contributed by atoms with Crippen LogP contribution in [0.4, 0.5) is 15.0 Å². The highest BCUT2D eigenvalue weighted by atomic mass is 35.5. The Morgan fingerprint density at radius 3 is 2.64 bits per heavy atom. The van der Waals surface area contributed by atoms with E-state index in [4.69, 9.17) is 25.8 Å². The fourth-order valence-corrected chi connectivity index (χ4v) is 5.70. The molecule has 0 spiro atoms. The molecule has 1 unspecified atom stereocenters. The number of amides is 1. The number of methoxy groups -OCH3 is 2. The third-order valence-electron chi connectivity index (χ3n) is 7.45. The molecule has 1 fully saturated rings. The van der Waals surface area contributed by atoms with Crippen LogP contribution < -0.4 is 9.64 Å². The molecule has 1 N–H and O–H groups in total. The van der Waals surface area contributed by atoms with E-state index >= 15 is 4.39 Å². The molecule has 218 valence electrons. The lowest BCUT2D eigenvalue weighted by Crippen LogP contribution is -2.55. The summed E-state index contributed by atoms with van der Waals surface area (Å²) in [7, 11) is 2.92. The zero-order valence-electron chi connectivity index (χ0n) is 23.3. The van der Waals surface area contributed by atoms with Gasteiger partial charge in [-0.25, -0.2) is 9.18 Å². The number of carboxylic acid groups (broad SMARTS) is 1. The predicted molar refractivity (Wildman–Crippen MR) is 156 cm³/mol. The number of hydrogen-bond acceptors (Lipinski definition) is 8. The number of fused-ring (bicyclic) bond motifs is 2. The van der Waals surface area contributed by atoms with Crippen molar-refractivity contribution in [1.82, 2.24) is 14.9 Å². The van der Waals surface area contributed by atoms with E-state index in [2.05, 4.69) is 16.0 Å². The van der Waals surface area contributed by atoms with Gasteiger partial charge in [-0.3, -0.25) is 0 Å². The van der Waals surface area contributed by atoms with E-state index < -0.39 is 24.2 Å². The van der Waals surface area contributed by atoms with Gasteiger partial charge in [-0.05, 0) is 34.9 Å². The first kappa shape index (κ1) is 29.3. The van der Waals surface area contributed by atoms with Crippen molar-refractivity contribution in [2.24, 2.45) is 0 Å². The summed E-state index contributed by atoms with van der Waals surface area (Å²) in [6.07, 6.45) is -1.84. The molecule has 10 nitrogen and oxygen atoms in total. The smallest absolute Gasteiger partial charge is 0.407 e. The zero-order valence-corrected chi connectivity index (χ0v) is 24.1. The maximum Gasteiger partial charge on any atom is 0.407 e. The number of carbonyl (C=O) groups is 1. The Morgan fingerprint density at radius 2 is 1.95 bits per heavy atom. The van der Waals surface area contributed by atoms with Gasteiger partial charge >= 0.3 is 12.1 Å². The molecule has 2 heterocycles. The van der Waals surface area contributed by atoms with Gasteiger partial charge in [-0.1, -0.05) is 48.0 Å². The molecule has 1 saturated heterocycles. The Kier molecular flexibility index (Phi) is 8.59. The minimum Gasteiger partial charge on any atom is -0.465 e. The van der Waals surface area contributed by atoms with Crippen molar-refractivity contribution in [3.8, 4) is 23.2 Å². The third-order valence-corrected chi connectivity index (χ3v) is 7.75. The Morgan fingerprint density at radius 1 is 1.21 bits per heavy atom. The normalized spacial score (nSPS) is 15.4. The van der Waals surface area contributed by atoms with Gasteiger partial charge in [0.25, 0.3) is 0 Å². The molecular weight excluding hydrogens is 565 g/mol.